The molecule has 130 valence electrons. The van der Waals surface area contributed by atoms with Crippen molar-refractivity contribution in [2.75, 3.05) is 0 Å². The van der Waals surface area contributed by atoms with Crippen molar-refractivity contribution in [3.05, 3.63) is 53.8 Å². The molecule has 0 fully saturated rings. The molecule has 0 bridgehead atoms. The average Bonchev–Trinajstić information content (AvgIpc) is 3.04. The van der Waals surface area contributed by atoms with Crippen molar-refractivity contribution in [2.24, 2.45) is 13.0 Å². The Labute approximate surface area is 152 Å². The van der Waals surface area contributed by atoms with E-state index < -0.39 is 0 Å². The molecule has 3 nitrogen and oxygen atoms in total. The van der Waals surface area contributed by atoms with E-state index in [0.29, 0.717) is 5.92 Å². The first kappa shape index (κ1) is 15.4. The number of para-hydroxylation sites is 1. The van der Waals surface area contributed by atoms with Crippen molar-refractivity contribution >= 4 is 21.9 Å². The molecule has 0 amide bonds. The number of pyridine rings is 1. The van der Waals surface area contributed by atoms with Gasteiger partial charge >= 0.3 is 0 Å². The van der Waals surface area contributed by atoms with Crippen LogP contribution >= 0.6 is 0 Å². The minimum absolute atomic E-state index is 0.543. The second-order valence-electron chi connectivity index (χ2n) is 7.66. The van der Waals surface area contributed by atoms with Gasteiger partial charge in [-0.1, -0.05) is 32.0 Å². The first-order valence-electron chi connectivity index (χ1n) is 9.19. The maximum absolute atomic E-state index is 6.45. The highest BCUT2D eigenvalue weighted by molar-refractivity contribution is 6.03. The Hall–Kier alpha value is -2.81. The summed E-state index contributed by atoms with van der Waals surface area (Å²) in [6.45, 7) is 6.68. The third kappa shape index (κ3) is 1.97. The third-order valence-corrected chi connectivity index (χ3v) is 5.39. The molecule has 2 aromatic carbocycles. The molecule has 26 heavy (non-hydrogen) atoms. The molecule has 0 spiro atoms. The molecule has 5 rings (SSSR count). The van der Waals surface area contributed by atoms with Crippen molar-refractivity contribution in [3.8, 4) is 22.8 Å². The van der Waals surface area contributed by atoms with E-state index in [4.69, 9.17) is 9.15 Å². The smallest absolute Gasteiger partial charge is 0.257 e. The number of aryl methyl sites for hydroxylation is 2. The summed E-state index contributed by atoms with van der Waals surface area (Å²) in [4.78, 5) is 0. The highest BCUT2D eigenvalue weighted by atomic mass is 16.5. The van der Waals surface area contributed by atoms with Crippen molar-refractivity contribution in [3.63, 3.8) is 0 Å². The Bertz CT molecular complexity index is 1180. The van der Waals surface area contributed by atoms with E-state index in [2.05, 4.69) is 62.7 Å². The number of ether oxygens (including phenoxy) is 1. The van der Waals surface area contributed by atoms with Gasteiger partial charge in [-0.05, 0) is 37.0 Å². The lowest BCUT2D eigenvalue weighted by atomic mass is 9.91. The highest BCUT2D eigenvalue weighted by Crippen LogP contribution is 2.50. The summed E-state index contributed by atoms with van der Waals surface area (Å²) in [7, 11) is 2.13. The van der Waals surface area contributed by atoms with Gasteiger partial charge in [0.25, 0.3) is 5.69 Å². The molecule has 0 aliphatic carbocycles. The van der Waals surface area contributed by atoms with Gasteiger partial charge in [0, 0.05) is 11.6 Å². The fourth-order valence-corrected chi connectivity index (χ4v) is 4.26. The number of hydrogen-bond donors (Lipinski definition) is 0. The Morgan fingerprint density at radius 1 is 1.08 bits per heavy atom. The predicted octanol–water partition coefficient (Wildman–Crippen LogP) is 5.69. The Kier molecular flexibility index (Phi) is 3.17. The average molecular weight is 344 g/mol. The van der Waals surface area contributed by atoms with E-state index in [-0.39, 0.29) is 0 Å². The number of aromatic nitrogens is 1. The van der Waals surface area contributed by atoms with Gasteiger partial charge in [0.1, 0.15) is 18.9 Å². The van der Waals surface area contributed by atoms with Crippen molar-refractivity contribution in [1.82, 2.24) is 0 Å². The van der Waals surface area contributed by atoms with E-state index in [1.807, 2.05) is 6.07 Å². The van der Waals surface area contributed by atoms with Crippen molar-refractivity contribution in [2.45, 2.75) is 27.2 Å². The lowest BCUT2D eigenvalue weighted by molar-refractivity contribution is -0.633. The first-order valence-corrected chi connectivity index (χ1v) is 9.19. The predicted molar refractivity (Wildman–Crippen MR) is 104 cm³/mol. The number of fused-ring (bicyclic) bond motifs is 3. The van der Waals surface area contributed by atoms with Gasteiger partial charge < -0.3 is 9.15 Å². The Morgan fingerprint density at radius 3 is 2.69 bits per heavy atom. The van der Waals surface area contributed by atoms with Crippen LogP contribution in [0, 0.1) is 12.8 Å². The number of rotatable bonds is 2. The van der Waals surface area contributed by atoms with Gasteiger partial charge in [0.2, 0.25) is 11.3 Å². The topological polar surface area (TPSA) is 26.2 Å². The Morgan fingerprint density at radius 2 is 1.88 bits per heavy atom. The SMILES string of the molecule is Cc1ccc2occ3c2c1-c1c(c(CC(C)C)c2ccccc2[n+]1C)O3. The highest BCUT2D eigenvalue weighted by Gasteiger charge is 2.35. The number of hydrogen-bond acceptors (Lipinski definition) is 2. The van der Waals surface area contributed by atoms with Crippen LogP contribution in [0.15, 0.2) is 47.1 Å². The van der Waals surface area contributed by atoms with Crippen LogP contribution in [-0.4, -0.2) is 0 Å². The maximum atomic E-state index is 6.45. The molecule has 1 aliphatic heterocycles. The van der Waals surface area contributed by atoms with Gasteiger partial charge in [0.05, 0.1) is 16.3 Å². The van der Waals surface area contributed by atoms with Crippen LogP contribution in [-0.2, 0) is 13.5 Å². The molecule has 1 aliphatic rings. The first-order chi connectivity index (χ1) is 12.6. The molecular formula is C23H22NO2+. The van der Waals surface area contributed by atoms with Crippen LogP contribution in [0.25, 0.3) is 33.1 Å². The van der Waals surface area contributed by atoms with Crippen LogP contribution in [0.1, 0.15) is 25.0 Å². The normalized spacial score (nSPS) is 12.7. The molecule has 0 unspecified atom stereocenters. The summed E-state index contributed by atoms with van der Waals surface area (Å²) in [5.41, 5.74) is 7.01. The Balaban J connectivity index is 1.98. The second-order valence-corrected chi connectivity index (χ2v) is 7.66. The lowest BCUT2D eigenvalue weighted by Crippen LogP contribution is -2.34. The van der Waals surface area contributed by atoms with E-state index in [1.54, 1.807) is 6.26 Å². The minimum atomic E-state index is 0.543. The zero-order chi connectivity index (χ0) is 18.0. The van der Waals surface area contributed by atoms with E-state index in [0.717, 1.165) is 34.6 Å². The molecule has 3 heteroatoms. The van der Waals surface area contributed by atoms with Crippen LogP contribution in [0.2, 0.25) is 0 Å². The summed E-state index contributed by atoms with van der Waals surface area (Å²) >= 11 is 0. The lowest BCUT2D eigenvalue weighted by Gasteiger charge is -2.21. The summed E-state index contributed by atoms with van der Waals surface area (Å²) in [5.74, 6) is 2.34. The van der Waals surface area contributed by atoms with Gasteiger partial charge in [-0.3, -0.25) is 0 Å². The van der Waals surface area contributed by atoms with Crippen molar-refractivity contribution < 1.29 is 13.7 Å². The fourth-order valence-electron chi connectivity index (χ4n) is 4.26. The van der Waals surface area contributed by atoms with Crippen molar-refractivity contribution in [1.29, 1.82) is 0 Å². The quantitative estimate of drug-likeness (QED) is 0.385. The third-order valence-electron chi connectivity index (χ3n) is 5.39. The second kappa shape index (κ2) is 5.34. The number of nitrogens with zero attached hydrogens (tertiary/aromatic N) is 1. The molecule has 3 heterocycles. The van der Waals surface area contributed by atoms with Gasteiger partial charge in [-0.2, -0.15) is 4.57 Å². The molecule has 0 radical (unpaired) electrons. The summed E-state index contributed by atoms with van der Waals surface area (Å²) in [6.07, 6.45) is 2.72. The molecule has 4 aromatic rings. The van der Waals surface area contributed by atoms with E-state index in [1.165, 1.54) is 27.6 Å². The molecule has 2 aromatic heterocycles. The molecule has 0 N–H and O–H groups in total. The molecule has 0 atom stereocenters. The van der Waals surface area contributed by atoms with Gasteiger partial charge in [0.15, 0.2) is 5.75 Å². The number of furan rings is 1. The fraction of sp³-hybridized carbons (Fsp3) is 0.261. The summed E-state index contributed by atoms with van der Waals surface area (Å²) in [5, 5.41) is 2.35. The monoisotopic (exact) mass is 344 g/mol. The summed E-state index contributed by atoms with van der Waals surface area (Å²) < 4.78 is 14.5. The number of benzene rings is 2. The largest absolute Gasteiger partial charge is 0.460 e. The van der Waals surface area contributed by atoms with Crippen LogP contribution in [0.3, 0.4) is 0 Å². The zero-order valence-corrected chi connectivity index (χ0v) is 15.6. The molecular weight excluding hydrogens is 322 g/mol. The standard InChI is InChI=1S/C23H22NO2/c1-13(2)11-16-15-7-5-6-8-17(15)24(4)22-20-14(3)9-10-18-21(20)19(12-25-18)26-23(16)22/h5-10,12-13H,11H2,1-4H3/q+1. The van der Waals surface area contributed by atoms with Crippen LogP contribution in [0.4, 0.5) is 0 Å². The maximum Gasteiger partial charge on any atom is 0.257 e. The van der Waals surface area contributed by atoms with E-state index in [9.17, 15) is 0 Å². The summed E-state index contributed by atoms with van der Waals surface area (Å²) in [6, 6.07) is 12.8. The van der Waals surface area contributed by atoms with Gasteiger partial charge in [-0.15, -0.1) is 0 Å². The minimum Gasteiger partial charge on any atom is -0.460 e. The van der Waals surface area contributed by atoms with Crippen LogP contribution in [0.5, 0.6) is 11.5 Å². The van der Waals surface area contributed by atoms with Crippen LogP contribution < -0.4 is 9.30 Å². The molecule has 0 saturated carbocycles. The van der Waals surface area contributed by atoms with E-state index >= 15 is 0 Å². The molecule has 0 saturated heterocycles. The zero-order valence-electron chi connectivity index (χ0n) is 15.6. The van der Waals surface area contributed by atoms with Gasteiger partial charge in [-0.25, -0.2) is 0 Å².